The van der Waals surface area contributed by atoms with Gasteiger partial charge in [-0.15, -0.1) is 11.8 Å². The molecule has 0 fully saturated rings. The van der Waals surface area contributed by atoms with Crippen LogP contribution in [0.3, 0.4) is 0 Å². The third-order valence-corrected chi connectivity index (χ3v) is 2.61. The fourth-order valence-corrected chi connectivity index (χ4v) is 2.09. The van der Waals surface area contributed by atoms with E-state index >= 15 is 0 Å². The van der Waals surface area contributed by atoms with Crippen LogP contribution >= 0.6 is 0 Å². The lowest BCUT2D eigenvalue weighted by atomic mass is 9.93. The first-order valence-corrected chi connectivity index (χ1v) is 5.29. The summed E-state index contributed by atoms with van der Waals surface area (Å²) in [5.74, 6) is 5.93. The maximum absolute atomic E-state index is 6.13. The van der Waals surface area contributed by atoms with Gasteiger partial charge < -0.3 is 5.73 Å². The van der Waals surface area contributed by atoms with Gasteiger partial charge in [-0.3, -0.25) is 0 Å². The van der Waals surface area contributed by atoms with Crippen LogP contribution in [0.5, 0.6) is 0 Å². The van der Waals surface area contributed by atoms with Gasteiger partial charge in [0.1, 0.15) is 0 Å². The molecule has 0 amide bonds. The summed E-state index contributed by atoms with van der Waals surface area (Å²) in [6.45, 7) is 8.20. The Balaban J connectivity index is 3.06. The molecular formula is C14H19N. The molecule has 1 atom stereocenters. The lowest BCUT2D eigenvalue weighted by molar-refractivity contribution is 0.741. The van der Waals surface area contributed by atoms with E-state index in [9.17, 15) is 0 Å². The first kappa shape index (κ1) is 11.8. The highest BCUT2D eigenvalue weighted by Gasteiger charge is 2.10. The quantitative estimate of drug-likeness (QED) is 0.731. The Bertz CT molecular complexity index is 384. The lowest BCUT2D eigenvalue weighted by Gasteiger charge is -2.16. The number of rotatable bonds is 2. The molecule has 1 nitrogen and oxygen atoms in total. The first-order valence-electron chi connectivity index (χ1n) is 5.29. The highest BCUT2D eigenvalue weighted by Crippen LogP contribution is 2.23. The van der Waals surface area contributed by atoms with Crippen molar-refractivity contribution in [3.8, 4) is 11.8 Å². The predicted octanol–water partition coefficient (Wildman–Crippen LogP) is 3.03. The average Bonchev–Trinajstić information content (AvgIpc) is 2.12. The smallest absolute Gasteiger partial charge is 0.0411 e. The Morgan fingerprint density at radius 2 is 1.73 bits per heavy atom. The summed E-state index contributed by atoms with van der Waals surface area (Å²) in [5.41, 5.74) is 11.2. The summed E-state index contributed by atoms with van der Waals surface area (Å²) in [6, 6.07) is 4.40. The maximum Gasteiger partial charge on any atom is 0.0411 e. The molecule has 0 heterocycles. The van der Waals surface area contributed by atoms with E-state index in [1.54, 1.807) is 0 Å². The molecule has 1 rings (SSSR count). The number of hydrogen-bond acceptors (Lipinski definition) is 1. The zero-order chi connectivity index (χ0) is 11.4. The van der Waals surface area contributed by atoms with Gasteiger partial charge in [0.05, 0.1) is 0 Å². The molecule has 1 heteroatoms. The van der Waals surface area contributed by atoms with Crippen LogP contribution in [0.4, 0.5) is 0 Å². The molecule has 0 saturated carbocycles. The van der Waals surface area contributed by atoms with Gasteiger partial charge in [0.25, 0.3) is 0 Å². The Labute approximate surface area is 92.7 Å². The van der Waals surface area contributed by atoms with Crippen molar-refractivity contribution in [1.29, 1.82) is 0 Å². The van der Waals surface area contributed by atoms with Crippen molar-refractivity contribution < 1.29 is 0 Å². The third kappa shape index (κ3) is 2.84. The second-order valence-electron chi connectivity index (χ2n) is 4.05. The van der Waals surface area contributed by atoms with E-state index in [-0.39, 0.29) is 6.04 Å². The summed E-state index contributed by atoms with van der Waals surface area (Å²) in [4.78, 5) is 0. The maximum atomic E-state index is 6.13. The monoisotopic (exact) mass is 201 g/mol. The minimum Gasteiger partial charge on any atom is -0.323 e. The van der Waals surface area contributed by atoms with Crippen molar-refractivity contribution in [2.75, 3.05) is 0 Å². The molecule has 0 aliphatic heterocycles. The van der Waals surface area contributed by atoms with E-state index < -0.39 is 0 Å². The normalized spacial score (nSPS) is 11.8. The standard InChI is InChI=1S/C14H19N/c1-5-6-7-13(15)14-11(3)8-10(2)9-12(14)4/h8-9,13H,7,15H2,1-4H3. The fraction of sp³-hybridized carbons (Fsp3) is 0.429. The SMILES string of the molecule is CC#CCC(N)c1c(C)cc(C)cc1C. The minimum atomic E-state index is 0.0399. The van der Waals surface area contributed by atoms with E-state index in [1.807, 2.05) is 6.92 Å². The molecule has 1 aromatic carbocycles. The van der Waals surface area contributed by atoms with Crippen molar-refractivity contribution >= 4 is 0 Å². The molecule has 0 saturated heterocycles. The van der Waals surface area contributed by atoms with Crippen LogP contribution < -0.4 is 5.73 Å². The Morgan fingerprint density at radius 1 is 1.20 bits per heavy atom. The number of aryl methyl sites for hydroxylation is 3. The van der Waals surface area contributed by atoms with E-state index in [1.165, 1.54) is 22.3 Å². The zero-order valence-corrected chi connectivity index (χ0v) is 10.0. The third-order valence-electron chi connectivity index (χ3n) is 2.61. The fourth-order valence-electron chi connectivity index (χ4n) is 2.09. The summed E-state index contributed by atoms with van der Waals surface area (Å²) < 4.78 is 0. The molecule has 0 aromatic heterocycles. The molecule has 80 valence electrons. The number of nitrogens with two attached hydrogens (primary N) is 1. The van der Waals surface area contributed by atoms with Crippen molar-refractivity contribution in [1.82, 2.24) is 0 Å². The van der Waals surface area contributed by atoms with Gasteiger partial charge in [0.15, 0.2) is 0 Å². The van der Waals surface area contributed by atoms with Crippen molar-refractivity contribution in [2.24, 2.45) is 5.73 Å². The van der Waals surface area contributed by atoms with Gasteiger partial charge >= 0.3 is 0 Å². The molecular weight excluding hydrogens is 182 g/mol. The van der Waals surface area contributed by atoms with Gasteiger partial charge in [-0.05, 0) is 44.4 Å². The van der Waals surface area contributed by atoms with E-state index in [2.05, 4.69) is 44.7 Å². The molecule has 0 spiro atoms. The van der Waals surface area contributed by atoms with Crippen LogP contribution in [-0.2, 0) is 0 Å². The van der Waals surface area contributed by atoms with Crippen LogP contribution in [0, 0.1) is 32.6 Å². The van der Waals surface area contributed by atoms with Crippen LogP contribution in [0.2, 0.25) is 0 Å². The van der Waals surface area contributed by atoms with E-state index in [0.717, 1.165) is 6.42 Å². The topological polar surface area (TPSA) is 26.0 Å². The van der Waals surface area contributed by atoms with E-state index in [4.69, 9.17) is 5.73 Å². The number of benzene rings is 1. The molecule has 1 aromatic rings. The van der Waals surface area contributed by atoms with Gasteiger partial charge in [0.2, 0.25) is 0 Å². The molecule has 15 heavy (non-hydrogen) atoms. The largest absolute Gasteiger partial charge is 0.323 e. The van der Waals surface area contributed by atoms with Crippen molar-refractivity contribution in [2.45, 2.75) is 40.2 Å². The molecule has 0 aliphatic carbocycles. The van der Waals surface area contributed by atoms with Crippen LogP contribution in [0.1, 0.15) is 41.6 Å². The Kier molecular flexibility index (Phi) is 3.94. The zero-order valence-electron chi connectivity index (χ0n) is 10.0. The molecule has 0 aliphatic rings. The first-order chi connectivity index (χ1) is 7.06. The van der Waals surface area contributed by atoms with Gasteiger partial charge in [-0.25, -0.2) is 0 Å². The van der Waals surface area contributed by atoms with Gasteiger partial charge in [-0.2, -0.15) is 0 Å². The highest BCUT2D eigenvalue weighted by atomic mass is 14.6. The second-order valence-corrected chi connectivity index (χ2v) is 4.05. The number of hydrogen-bond donors (Lipinski definition) is 1. The summed E-state index contributed by atoms with van der Waals surface area (Å²) in [6.07, 6.45) is 0.737. The minimum absolute atomic E-state index is 0.0399. The van der Waals surface area contributed by atoms with Crippen LogP contribution in [0.15, 0.2) is 12.1 Å². The molecule has 1 unspecified atom stereocenters. The average molecular weight is 201 g/mol. The molecule has 0 radical (unpaired) electrons. The Morgan fingerprint density at radius 3 is 2.20 bits per heavy atom. The Hall–Kier alpha value is -1.26. The van der Waals surface area contributed by atoms with Gasteiger partial charge in [-0.1, -0.05) is 17.7 Å². The second kappa shape index (κ2) is 5.00. The molecule has 2 N–H and O–H groups in total. The highest BCUT2D eigenvalue weighted by molar-refractivity contribution is 5.39. The summed E-state index contributed by atoms with van der Waals surface area (Å²) in [7, 11) is 0. The van der Waals surface area contributed by atoms with E-state index in [0.29, 0.717) is 0 Å². The predicted molar refractivity (Wildman–Crippen MR) is 65.6 cm³/mol. The summed E-state index contributed by atoms with van der Waals surface area (Å²) >= 11 is 0. The van der Waals surface area contributed by atoms with Crippen LogP contribution in [-0.4, -0.2) is 0 Å². The summed E-state index contributed by atoms with van der Waals surface area (Å²) in [5, 5.41) is 0. The van der Waals surface area contributed by atoms with Crippen molar-refractivity contribution in [3.63, 3.8) is 0 Å². The van der Waals surface area contributed by atoms with Gasteiger partial charge in [0, 0.05) is 12.5 Å². The lowest BCUT2D eigenvalue weighted by Crippen LogP contribution is -2.12. The van der Waals surface area contributed by atoms with Crippen molar-refractivity contribution in [3.05, 3.63) is 34.4 Å². The molecule has 0 bridgehead atoms. The van der Waals surface area contributed by atoms with Crippen LogP contribution in [0.25, 0.3) is 0 Å².